The Hall–Kier alpha value is -0.280. The molecule has 0 saturated heterocycles. The molecule has 4 nitrogen and oxygen atoms in total. The molecule has 0 unspecified atom stereocenters. The molecule has 0 aliphatic heterocycles. The van der Waals surface area contributed by atoms with Crippen molar-refractivity contribution in [2.45, 2.75) is 24.5 Å². The lowest BCUT2D eigenvalue weighted by molar-refractivity contribution is 0.583. The van der Waals surface area contributed by atoms with Crippen LogP contribution in [0.15, 0.2) is 19.4 Å². The molecule has 0 aliphatic rings. The number of aryl methyl sites for hydroxylation is 2. The number of sulfonamides is 1. The molecule has 2 aromatic heterocycles. The summed E-state index contributed by atoms with van der Waals surface area (Å²) in [5.41, 5.74) is 1.90. The van der Waals surface area contributed by atoms with E-state index >= 15 is 0 Å². The number of thiazole rings is 1. The average molecular weight is 381 g/mol. The summed E-state index contributed by atoms with van der Waals surface area (Å²) in [6, 6.07) is 1.67. The topological polar surface area (TPSA) is 59.1 Å². The first-order valence-corrected chi connectivity index (χ1v) is 9.52. The van der Waals surface area contributed by atoms with Crippen LogP contribution in [0.4, 0.5) is 0 Å². The summed E-state index contributed by atoms with van der Waals surface area (Å²) >= 11 is 6.11. The van der Waals surface area contributed by atoms with Crippen LogP contribution < -0.4 is 4.72 Å². The number of thiophene rings is 1. The second-order valence-electron chi connectivity index (χ2n) is 4.05. The molecule has 104 valence electrons. The molecule has 0 atom stereocenters. The second-order valence-corrected chi connectivity index (χ2v) is 9.36. The van der Waals surface area contributed by atoms with Crippen LogP contribution in [0.3, 0.4) is 0 Å². The van der Waals surface area contributed by atoms with Gasteiger partial charge in [0.25, 0.3) is 0 Å². The van der Waals surface area contributed by atoms with Crippen molar-refractivity contribution in [2.24, 2.45) is 0 Å². The van der Waals surface area contributed by atoms with Crippen LogP contribution in [0.25, 0.3) is 0 Å². The van der Waals surface area contributed by atoms with Crippen LogP contribution in [0.5, 0.6) is 0 Å². The Morgan fingerprint density at radius 1 is 1.42 bits per heavy atom. The highest BCUT2D eigenvalue weighted by atomic mass is 79.9. The van der Waals surface area contributed by atoms with Crippen molar-refractivity contribution in [3.05, 3.63) is 31.5 Å². The molecule has 0 spiro atoms. The van der Waals surface area contributed by atoms with Gasteiger partial charge in [-0.1, -0.05) is 0 Å². The zero-order valence-corrected chi connectivity index (χ0v) is 14.5. The number of rotatable bonds is 5. The van der Waals surface area contributed by atoms with E-state index in [1.807, 2.05) is 19.2 Å². The quantitative estimate of drug-likeness (QED) is 0.866. The molecular formula is C11H13BrN2O2S3. The lowest BCUT2D eigenvalue weighted by atomic mass is 10.4. The number of hydrogen-bond donors (Lipinski definition) is 1. The smallest absolute Gasteiger partial charge is 0.247 e. The van der Waals surface area contributed by atoms with Crippen LogP contribution >= 0.6 is 38.6 Å². The lowest BCUT2D eigenvalue weighted by Gasteiger charge is -2.02. The Morgan fingerprint density at radius 3 is 2.68 bits per heavy atom. The molecule has 0 saturated carbocycles. The molecule has 0 bridgehead atoms. The largest absolute Gasteiger partial charge is 0.250 e. The van der Waals surface area contributed by atoms with Crippen LogP contribution in [-0.4, -0.2) is 19.9 Å². The summed E-state index contributed by atoms with van der Waals surface area (Å²) in [4.78, 5) is 4.30. The third kappa shape index (κ3) is 3.85. The van der Waals surface area contributed by atoms with Gasteiger partial charge in [0.15, 0.2) is 0 Å². The summed E-state index contributed by atoms with van der Waals surface area (Å²) in [7, 11) is -3.41. The predicted molar refractivity (Wildman–Crippen MR) is 82.5 cm³/mol. The maximum absolute atomic E-state index is 12.1. The van der Waals surface area contributed by atoms with E-state index in [0.717, 1.165) is 20.1 Å². The van der Waals surface area contributed by atoms with E-state index in [-0.39, 0.29) is 0 Å². The van der Waals surface area contributed by atoms with Crippen molar-refractivity contribution in [1.82, 2.24) is 9.71 Å². The molecule has 2 aromatic rings. The molecule has 2 heterocycles. The molecule has 0 radical (unpaired) electrons. The third-order valence-corrected chi connectivity index (χ3v) is 7.49. The van der Waals surface area contributed by atoms with Gasteiger partial charge in [-0.15, -0.1) is 22.7 Å². The molecule has 0 aliphatic carbocycles. The Kier molecular flexibility index (Phi) is 4.78. The predicted octanol–water partition coefficient (Wildman–Crippen LogP) is 3.10. The maximum Gasteiger partial charge on any atom is 0.250 e. The van der Waals surface area contributed by atoms with Crippen LogP contribution in [0, 0.1) is 13.8 Å². The van der Waals surface area contributed by atoms with Crippen LogP contribution in [0.2, 0.25) is 0 Å². The molecular weight excluding hydrogens is 368 g/mol. The highest BCUT2D eigenvalue weighted by Crippen LogP contribution is 2.30. The SMILES string of the molecule is Cc1csc(CCNS(=O)(=O)c2cc(C)c(Br)s2)n1. The minimum atomic E-state index is -3.41. The summed E-state index contributed by atoms with van der Waals surface area (Å²) in [5.74, 6) is 0. The van der Waals surface area contributed by atoms with E-state index in [9.17, 15) is 8.42 Å². The molecule has 19 heavy (non-hydrogen) atoms. The van der Waals surface area contributed by atoms with Gasteiger partial charge in [-0.05, 0) is 41.4 Å². The minimum Gasteiger partial charge on any atom is -0.247 e. The van der Waals surface area contributed by atoms with Gasteiger partial charge in [0.05, 0.1) is 8.79 Å². The van der Waals surface area contributed by atoms with E-state index in [4.69, 9.17) is 0 Å². The van der Waals surface area contributed by atoms with Gasteiger partial charge in [0.2, 0.25) is 10.0 Å². The number of nitrogens with one attached hydrogen (secondary N) is 1. The molecule has 8 heteroatoms. The molecule has 1 N–H and O–H groups in total. The van der Waals surface area contributed by atoms with Crippen LogP contribution in [-0.2, 0) is 16.4 Å². The zero-order chi connectivity index (χ0) is 14.0. The molecule has 0 fully saturated rings. The second kappa shape index (κ2) is 6.01. The monoisotopic (exact) mass is 380 g/mol. The standard InChI is InChI=1S/C11H13BrN2O2S3/c1-7-5-10(18-11(7)12)19(15,16)13-4-3-9-14-8(2)6-17-9/h5-6,13H,3-4H2,1-2H3. The Labute approximate surface area is 129 Å². The summed E-state index contributed by atoms with van der Waals surface area (Å²) in [6.45, 7) is 4.16. The fraction of sp³-hybridized carbons (Fsp3) is 0.364. The van der Waals surface area contributed by atoms with E-state index in [1.54, 1.807) is 17.4 Å². The van der Waals surface area contributed by atoms with Crippen molar-refractivity contribution in [3.8, 4) is 0 Å². The first-order chi connectivity index (χ1) is 8.88. The third-order valence-electron chi connectivity index (χ3n) is 2.40. The lowest BCUT2D eigenvalue weighted by Crippen LogP contribution is -2.25. The van der Waals surface area contributed by atoms with Gasteiger partial charge in [0, 0.05) is 24.0 Å². The van der Waals surface area contributed by atoms with E-state index in [1.165, 1.54) is 11.3 Å². The molecule has 0 amide bonds. The van der Waals surface area contributed by atoms with Gasteiger partial charge in [-0.2, -0.15) is 0 Å². The zero-order valence-electron chi connectivity index (χ0n) is 10.4. The first kappa shape index (κ1) is 15.1. The van der Waals surface area contributed by atoms with Crippen molar-refractivity contribution < 1.29 is 8.42 Å². The molecule has 2 rings (SSSR count). The van der Waals surface area contributed by atoms with Crippen molar-refractivity contribution in [3.63, 3.8) is 0 Å². The number of hydrogen-bond acceptors (Lipinski definition) is 5. The van der Waals surface area contributed by atoms with E-state index in [0.29, 0.717) is 17.2 Å². The van der Waals surface area contributed by atoms with Crippen molar-refractivity contribution in [2.75, 3.05) is 6.54 Å². The van der Waals surface area contributed by atoms with Crippen molar-refractivity contribution in [1.29, 1.82) is 0 Å². The fourth-order valence-electron chi connectivity index (χ4n) is 1.45. The van der Waals surface area contributed by atoms with Gasteiger partial charge < -0.3 is 0 Å². The summed E-state index contributed by atoms with van der Waals surface area (Å²) in [6.07, 6.45) is 0.614. The van der Waals surface area contributed by atoms with Gasteiger partial charge >= 0.3 is 0 Å². The van der Waals surface area contributed by atoms with Gasteiger partial charge in [-0.25, -0.2) is 18.1 Å². The fourth-order valence-corrected chi connectivity index (χ4v) is 5.52. The Morgan fingerprint density at radius 2 is 2.16 bits per heavy atom. The van der Waals surface area contributed by atoms with Gasteiger partial charge in [-0.3, -0.25) is 0 Å². The van der Waals surface area contributed by atoms with E-state index < -0.39 is 10.0 Å². The van der Waals surface area contributed by atoms with Crippen LogP contribution in [0.1, 0.15) is 16.3 Å². The highest BCUT2D eigenvalue weighted by Gasteiger charge is 2.17. The minimum absolute atomic E-state index is 0.340. The number of nitrogens with zero attached hydrogens (tertiary/aromatic N) is 1. The first-order valence-electron chi connectivity index (χ1n) is 5.55. The Balaban J connectivity index is 1.98. The molecule has 0 aromatic carbocycles. The highest BCUT2D eigenvalue weighted by molar-refractivity contribution is 9.11. The van der Waals surface area contributed by atoms with E-state index in [2.05, 4.69) is 25.6 Å². The van der Waals surface area contributed by atoms with Gasteiger partial charge in [0.1, 0.15) is 4.21 Å². The van der Waals surface area contributed by atoms with Crippen molar-refractivity contribution >= 4 is 48.6 Å². The number of aromatic nitrogens is 1. The summed E-state index contributed by atoms with van der Waals surface area (Å²) < 4.78 is 27.9. The normalized spacial score (nSPS) is 11.9. The average Bonchev–Trinajstić information content (AvgIpc) is 2.87. The maximum atomic E-state index is 12.1. The summed E-state index contributed by atoms with van der Waals surface area (Å²) in [5, 5.41) is 2.91. The Bertz CT molecular complexity index is 656. The number of halogens is 1.